The first-order valence-electron chi connectivity index (χ1n) is 14.2. The number of amides is 2. The van der Waals surface area contributed by atoms with Crippen molar-refractivity contribution in [3.63, 3.8) is 0 Å². The number of hydrogen-bond donors (Lipinski definition) is 2. The van der Waals surface area contributed by atoms with Crippen molar-refractivity contribution in [1.29, 1.82) is 0 Å². The van der Waals surface area contributed by atoms with Gasteiger partial charge in [-0.15, -0.1) is 0 Å². The largest absolute Gasteiger partial charge is 0.466 e. The molecule has 226 valence electrons. The van der Waals surface area contributed by atoms with Crippen LogP contribution in [0, 0.1) is 12.7 Å². The van der Waals surface area contributed by atoms with Crippen molar-refractivity contribution in [2.45, 2.75) is 79.8 Å². The Labute approximate surface area is 246 Å². The van der Waals surface area contributed by atoms with Gasteiger partial charge in [0.15, 0.2) is 0 Å². The number of esters is 1. The Kier molecular flexibility index (Phi) is 14.0. The van der Waals surface area contributed by atoms with Crippen LogP contribution in [0.1, 0.15) is 92.4 Å². The smallest absolute Gasteiger partial charge is 0.309 e. The van der Waals surface area contributed by atoms with Crippen LogP contribution in [0.2, 0.25) is 0 Å². The number of carbonyl (C=O) groups is 3. The summed E-state index contributed by atoms with van der Waals surface area (Å²) < 4.78 is 19.8. The van der Waals surface area contributed by atoms with Gasteiger partial charge in [-0.3, -0.25) is 14.4 Å². The lowest BCUT2D eigenvalue weighted by atomic mass is 10.0. The molecule has 2 amide bonds. The highest BCUT2D eigenvalue weighted by Gasteiger charge is 2.20. The first-order valence-corrected chi connectivity index (χ1v) is 14.2. The van der Waals surface area contributed by atoms with Crippen molar-refractivity contribution in [2.75, 3.05) is 6.61 Å². The number of allylic oxidation sites excluding steroid dienone is 2. The fourth-order valence-corrected chi connectivity index (χ4v) is 3.90. The van der Waals surface area contributed by atoms with Gasteiger partial charge in [-0.1, -0.05) is 56.7 Å². The van der Waals surface area contributed by atoms with Gasteiger partial charge in [0.1, 0.15) is 23.5 Å². The minimum atomic E-state index is -0.508. The lowest BCUT2D eigenvalue weighted by molar-refractivity contribution is -0.142. The maximum atomic E-state index is 13.6. The molecule has 1 aromatic carbocycles. The van der Waals surface area contributed by atoms with E-state index >= 15 is 0 Å². The van der Waals surface area contributed by atoms with Crippen LogP contribution in [0.4, 0.5) is 4.39 Å². The minimum absolute atomic E-state index is 0.00266. The van der Waals surface area contributed by atoms with Crippen LogP contribution >= 0.6 is 0 Å². The summed E-state index contributed by atoms with van der Waals surface area (Å²) in [5.74, 6) is -1.44. The Morgan fingerprint density at radius 3 is 2.60 bits per heavy atom. The topological polar surface area (TPSA) is 128 Å². The molecule has 3 aromatic rings. The number of aryl methyl sites for hydroxylation is 1. The van der Waals surface area contributed by atoms with Crippen LogP contribution in [0.3, 0.4) is 0 Å². The van der Waals surface area contributed by atoms with Crippen molar-refractivity contribution in [3.8, 4) is 0 Å². The summed E-state index contributed by atoms with van der Waals surface area (Å²) >= 11 is 0. The van der Waals surface area contributed by atoms with Crippen LogP contribution in [-0.2, 0) is 16.1 Å². The predicted molar refractivity (Wildman–Crippen MR) is 159 cm³/mol. The zero-order valence-corrected chi connectivity index (χ0v) is 25.2. The van der Waals surface area contributed by atoms with E-state index in [0.29, 0.717) is 25.0 Å². The molecule has 3 rings (SSSR count). The zero-order valence-electron chi connectivity index (χ0n) is 25.2. The van der Waals surface area contributed by atoms with Crippen LogP contribution < -0.4 is 10.6 Å². The van der Waals surface area contributed by atoms with E-state index in [4.69, 9.17) is 4.74 Å². The monoisotopic (exact) mass is 580 g/mol. The van der Waals surface area contributed by atoms with Gasteiger partial charge < -0.3 is 15.4 Å². The summed E-state index contributed by atoms with van der Waals surface area (Å²) in [6.45, 7) is 11.8. The van der Waals surface area contributed by atoms with Gasteiger partial charge in [0.25, 0.3) is 17.6 Å². The molecule has 11 heteroatoms. The Morgan fingerprint density at radius 2 is 1.90 bits per heavy atom. The molecule has 1 atom stereocenters. The van der Waals surface area contributed by atoms with E-state index in [1.807, 2.05) is 45.9 Å². The van der Waals surface area contributed by atoms with Gasteiger partial charge in [-0.2, -0.15) is 14.6 Å². The number of halogens is 1. The molecule has 0 bridgehead atoms. The maximum Gasteiger partial charge on any atom is 0.309 e. The molecule has 10 nitrogen and oxygen atoms in total. The molecule has 0 radical (unpaired) electrons. The van der Waals surface area contributed by atoms with E-state index in [-0.39, 0.29) is 48.0 Å². The standard InChI is InChI=1S/C29H35FN6O4.C2H6/c1-5-7-8-22(12-9-19(3)10-14-26(37)40-6-2)34-28(39)25-16-24(35-29-32-18-33-36(25)29)27(38)31-17-21-11-13-23(30)20(4)15-21;1-2/h7-8,10-11,13,15-16,18,22H,5-6,9,12,14,17H2,1-4H3,(H,31,38)(H,34,39);1-2H3/b8-7+,19-10+;. The van der Waals surface area contributed by atoms with Crippen LogP contribution in [0.25, 0.3) is 5.78 Å². The fourth-order valence-electron chi connectivity index (χ4n) is 3.90. The van der Waals surface area contributed by atoms with Crippen molar-refractivity contribution in [1.82, 2.24) is 30.2 Å². The number of benzene rings is 1. The molecule has 1 unspecified atom stereocenters. The highest BCUT2D eigenvalue weighted by atomic mass is 19.1. The minimum Gasteiger partial charge on any atom is -0.466 e. The third kappa shape index (κ3) is 10.2. The molecule has 0 aliphatic rings. The second-order valence-corrected chi connectivity index (χ2v) is 9.28. The number of ether oxygens (including phenoxy) is 1. The molecular weight excluding hydrogens is 539 g/mol. The molecule has 2 aromatic heterocycles. The normalized spacial score (nSPS) is 12.0. The van der Waals surface area contributed by atoms with Crippen LogP contribution in [-0.4, -0.2) is 50.0 Å². The quantitative estimate of drug-likeness (QED) is 0.208. The van der Waals surface area contributed by atoms with E-state index in [0.717, 1.165) is 17.6 Å². The molecule has 42 heavy (non-hydrogen) atoms. The highest BCUT2D eigenvalue weighted by Crippen LogP contribution is 2.13. The fraction of sp³-hybridized carbons (Fsp3) is 0.419. The summed E-state index contributed by atoms with van der Waals surface area (Å²) in [5.41, 5.74) is 2.32. The van der Waals surface area contributed by atoms with E-state index in [2.05, 4.69) is 25.7 Å². The van der Waals surface area contributed by atoms with E-state index in [1.54, 1.807) is 26.0 Å². The number of fused-ring (bicyclic) bond motifs is 1. The number of hydrogen-bond acceptors (Lipinski definition) is 7. The maximum absolute atomic E-state index is 13.6. The highest BCUT2D eigenvalue weighted by molar-refractivity contribution is 5.98. The van der Waals surface area contributed by atoms with Gasteiger partial charge in [0.2, 0.25) is 0 Å². The predicted octanol–water partition coefficient (Wildman–Crippen LogP) is 5.27. The van der Waals surface area contributed by atoms with Gasteiger partial charge in [-0.25, -0.2) is 9.37 Å². The number of nitrogens with one attached hydrogen (secondary N) is 2. The molecule has 0 saturated carbocycles. The Bertz CT molecular complexity index is 1420. The molecule has 0 spiro atoms. The summed E-state index contributed by atoms with van der Waals surface area (Å²) in [7, 11) is 0. The molecule has 0 fully saturated rings. The Balaban J connectivity index is 0.00000301. The second kappa shape index (κ2) is 17.4. The van der Waals surface area contributed by atoms with Crippen molar-refractivity contribution in [3.05, 3.63) is 82.7 Å². The van der Waals surface area contributed by atoms with Crippen LogP contribution in [0.5, 0.6) is 0 Å². The molecular formula is C31H41FN6O4. The Hall–Kier alpha value is -4.41. The van der Waals surface area contributed by atoms with E-state index < -0.39 is 11.8 Å². The van der Waals surface area contributed by atoms with E-state index in [9.17, 15) is 18.8 Å². The third-order valence-electron chi connectivity index (χ3n) is 6.09. The number of nitrogens with zero attached hydrogens (tertiary/aromatic N) is 4. The van der Waals surface area contributed by atoms with Gasteiger partial charge >= 0.3 is 5.97 Å². The lowest BCUT2D eigenvalue weighted by Gasteiger charge is -2.16. The number of carbonyl (C=O) groups excluding carboxylic acids is 3. The number of rotatable bonds is 13. The summed E-state index contributed by atoms with van der Waals surface area (Å²) in [6, 6.07) is 5.66. The molecule has 0 saturated heterocycles. The molecule has 2 N–H and O–H groups in total. The average molecular weight is 581 g/mol. The zero-order chi connectivity index (χ0) is 31.1. The molecule has 2 heterocycles. The third-order valence-corrected chi connectivity index (χ3v) is 6.09. The number of aromatic nitrogens is 4. The second-order valence-electron chi connectivity index (χ2n) is 9.28. The lowest BCUT2D eigenvalue weighted by Crippen LogP contribution is -2.35. The van der Waals surface area contributed by atoms with Crippen molar-refractivity contribution < 1.29 is 23.5 Å². The average Bonchev–Trinajstić information content (AvgIpc) is 3.47. The van der Waals surface area contributed by atoms with Gasteiger partial charge in [0, 0.05) is 18.7 Å². The van der Waals surface area contributed by atoms with E-state index in [1.165, 1.54) is 23.0 Å². The van der Waals surface area contributed by atoms with Gasteiger partial charge in [0.05, 0.1) is 13.0 Å². The summed E-state index contributed by atoms with van der Waals surface area (Å²) in [4.78, 5) is 46.2. The van der Waals surface area contributed by atoms with Crippen LogP contribution in [0.15, 0.2) is 54.4 Å². The molecule has 0 aliphatic carbocycles. The molecule has 0 aliphatic heterocycles. The van der Waals surface area contributed by atoms with Crippen molar-refractivity contribution >= 4 is 23.6 Å². The van der Waals surface area contributed by atoms with Gasteiger partial charge in [-0.05, 0) is 57.2 Å². The summed E-state index contributed by atoms with van der Waals surface area (Å²) in [6.07, 6.45) is 9.24. The summed E-state index contributed by atoms with van der Waals surface area (Å²) in [5, 5.41) is 9.84. The first-order chi connectivity index (χ1) is 20.2. The van der Waals surface area contributed by atoms with Crippen molar-refractivity contribution in [2.24, 2.45) is 0 Å². The SMILES string of the molecule is CC.CC/C=C/C(CC/C(C)=C/CC(=O)OCC)NC(=O)c1cc(C(=O)NCc2ccc(F)c(C)c2)nc2ncnn12. The first kappa shape index (κ1) is 33.8. The Morgan fingerprint density at radius 1 is 1.14 bits per heavy atom.